The van der Waals surface area contributed by atoms with Crippen molar-refractivity contribution in [3.63, 3.8) is 0 Å². The zero-order chi connectivity index (χ0) is 20.3. The predicted octanol–water partition coefficient (Wildman–Crippen LogP) is 2.69. The summed E-state index contributed by atoms with van der Waals surface area (Å²) in [5, 5.41) is 0. The van der Waals surface area contributed by atoms with E-state index < -0.39 is 35.3 Å². The summed E-state index contributed by atoms with van der Waals surface area (Å²) in [4.78, 5) is 50.8. The van der Waals surface area contributed by atoms with Crippen molar-refractivity contribution in [1.82, 2.24) is 0 Å². The number of nitrogens with zero attached hydrogens (tertiary/aromatic N) is 1. The third kappa shape index (κ3) is 3.73. The fraction of sp³-hybridized carbons (Fsp3) is 0.143. The molecule has 7 heteroatoms. The number of methoxy groups -OCH3 is 1. The average molecular weight is 381 g/mol. The highest BCUT2D eigenvalue weighted by atomic mass is 19.1. The summed E-state index contributed by atoms with van der Waals surface area (Å²) in [6.45, 7) is 0. The summed E-state index contributed by atoms with van der Waals surface area (Å²) in [5.41, 5.74) is 0.525. The van der Waals surface area contributed by atoms with Crippen molar-refractivity contribution in [3.05, 3.63) is 77.6 Å². The highest BCUT2D eigenvalue weighted by molar-refractivity contribution is 6.30. The van der Waals surface area contributed by atoms with Crippen LogP contribution in [0, 0.1) is 11.7 Å². The van der Waals surface area contributed by atoms with Gasteiger partial charge in [-0.05, 0) is 42.8 Å². The maximum atomic E-state index is 13.1. The molecule has 2 aromatic rings. The lowest BCUT2D eigenvalue weighted by atomic mass is 9.91. The van der Waals surface area contributed by atoms with E-state index >= 15 is 0 Å². The molecule has 0 fully saturated rings. The number of Topliss-reactive ketones (excluding diaryl/α,β-unsaturated/α-hetero) is 1. The maximum absolute atomic E-state index is 13.1. The summed E-state index contributed by atoms with van der Waals surface area (Å²) in [6.07, 6.45) is 0.819. The lowest BCUT2D eigenvalue weighted by Crippen LogP contribution is -2.32. The van der Waals surface area contributed by atoms with Crippen LogP contribution in [0.15, 0.2) is 66.2 Å². The van der Waals surface area contributed by atoms with E-state index in [0.29, 0.717) is 5.69 Å². The molecule has 1 heterocycles. The van der Waals surface area contributed by atoms with E-state index in [-0.39, 0.29) is 17.6 Å². The van der Waals surface area contributed by atoms with E-state index in [1.165, 1.54) is 12.1 Å². The predicted molar refractivity (Wildman–Crippen MR) is 97.9 cm³/mol. The molecule has 1 atom stereocenters. The van der Waals surface area contributed by atoms with Gasteiger partial charge in [0.1, 0.15) is 11.7 Å². The molecule has 0 aliphatic carbocycles. The second kappa shape index (κ2) is 7.96. The molecule has 0 saturated heterocycles. The van der Waals surface area contributed by atoms with Crippen LogP contribution in [-0.4, -0.2) is 30.7 Å². The van der Waals surface area contributed by atoms with Crippen molar-refractivity contribution in [2.75, 3.05) is 12.0 Å². The number of anilines is 1. The smallest absolute Gasteiger partial charge is 0.316 e. The number of ketones is 1. The lowest BCUT2D eigenvalue weighted by Gasteiger charge is -2.17. The number of ether oxygens (including phenoxy) is 1. The van der Waals surface area contributed by atoms with E-state index in [9.17, 15) is 23.6 Å². The number of amides is 2. The van der Waals surface area contributed by atoms with Gasteiger partial charge < -0.3 is 4.74 Å². The van der Waals surface area contributed by atoms with Gasteiger partial charge in [-0.2, -0.15) is 0 Å². The summed E-state index contributed by atoms with van der Waals surface area (Å²) >= 11 is 0. The van der Waals surface area contributed by atoms with Gasteiger partial charge in [-0.3, -0.25) is 19.2 Å². The molecule has 1 aliphatic rings. The second-order valence-corrected chi connectivity index (χ2v) is 6.13. The molecule has 0 saturated carbocycles. The fourth-order valence-electron chi connectivity index (χ4n) is 2.95. The molecule has 6 nitrogen and oxygen atoms in total. The van der Waals surface area contributed by atoms with Crippen LogP contribution in [0.3, 0.4) is 0 Å². The van der Waals surface area contributed by atoms with Gasteiger partial charge in [0.2, 0.25) is 0 Å². The minimum atomic E-state index is -1.32. The topological polar surface area (TPSA) is 80.8 Å². The number of rotatable bonds is 6. The Labute approximate surface area is 160 Å². The van der Waals surface area contributed by atoms with Crippen LogP contribution in [0.4, 0.5) is 10.1 Å². The molecular formula is C21H16FNO5. The lowest BCUT2D eigenvalue weighted by molar-refractivity contribution is -0.143. The van der Waals surface area contributed by atoms with Crippen molar-refractivity contribution < 1.29 is 28.3 Å². The third-order valence-electron chi connectivity index (χ3n) is 4.37. The molecule has 142 valence electrons. The Morgan fingerprint density at radius 2 is 1.68 bits per heavy atom. The monoisotopic (exact) mass is 381 g/mol. The van der Waals surface area contributed by atoms with Gasteiger partial charge in [0, 0.05) is 17.2 Å². The number of hydrogen-bond donors (Lipinski definition) is 0. The number of carbonyl (C=O) groups excluding carboxylic acids is 4. The maximum Gasteiger partial charge on any atom is 0.316 e. The van der Waals surface area contributed by atoms with Crippen molar-refractivity contribution in [3.8, 4) is 0 Å². The molecule has 0 bridgehead atoms. The largest absolute Gasteiger partial charge is 0.468 e. The Hall–Kier alpha value is -3.61. The molecular weight excluding hydrogens is 365 g/mol. The second-order valence-electron chi connectivity index (χ2n) is 6.13. The highest BCUT2D eigenvalue weighted by Crippen LogP contribution is 2.27. The van der Waals surface area contributed by atoms with Gasteiger partial charge in [-0.1, -0.05) is 18.2 Å². The van der Waals surface area contributed by atoms with E-state index in [2.05, 4.69) is 0 Å². The zero-order valence-corrected chi connectivity index (χ0v) is 14.9. The van der Waals surface area contributed by atoms with Crippen LogP contribution in [-0.2, 0) is 19.1 Å². The molecule has 0 N–H and O–H groups in total. The van der Waals surface area contributed by atoms with Crippen molar-refractivity contribution in [1.29, 1.82) is 0 Å². The summed E-state index contributed by atoms with van der Waals surface area (Å²) in [5.74, 6) is -4.46. The number of benzene rings is 2. The first-order valence-electron chi connectivity index (χ1n) is 8.44. The summed E-state index contributed by atoms with van der Waals surface area (Å²) < 4.78 is 17.8. The van der Waals surface area contributed by atoms with Gasteiger partial charge >= 0.3 is 5.97 Å². The first-order chi connectivity index (χ1) is 13.4. The first-order valence-corrected chi connectivity index (χ1v) is 8.44. The van der Waals surface area contributed by atoms with Gasteiger partial charge in [0.05, 0.1) is 12.8 Å². The molecule has 0 aromatic heterocycles. The summed E-state index contributed by atoms with van der Waals surface area (Å²) in [6, 6.07) is 13.0. The van der Waals surface area contributed by atoms with Gasteiger partial charge in [0.25, 0.3) is 11.8 Å². The Kier molecular flexibility index (Phi) is 5.44. The number of para-hydroxylation sites is 1. The number of imide groups is 1. The molecule has 0 spiro atoms. The highest BCUT2D eigenvalue weighted by Gasteiger charge is 2.37. The van der Waals surface area contributed by atoms with Crippen LogP contribution >= 0.6 is 0 Å². The fourth-order valence-corrected chi connectivity index (χ4v) is 2.95. The van der Waals surface area contributed by atoms with Crippen molar-refractivity contribution >= 4 is 29.3 Å². The van der Waals surface area contributed by atoms with E-state index in [4.69, 9.17) is 4.74 Å². The van der Waals surface area contributed by atoms with Gasteiger partial charge in [-0.15, -0.1) is 0 Å². The molecule has 0 radical (unpaired) electrons. The van der Waals surface area contributed by atoms with Crippen LogP contribution in [0.25, 0.3) is 0 Å². The first kappa shape index (κ1) is 19.2. The molecule has 1 unspecified atom stereocenters. The van der Waals surface area contributed by atoms with Gasteiger partial charge in [-0.25, -0.2) is 9.29 Å². The molecule has 1 aliphatic heterocycles. The van der Waals surface area contributed by atoms with Gasteiger partial charge in [0.15, 0.2) is 5.78 Å². The minimum absolute atomic E-state index is 0.0275. The Morgan fingerprint density at radius 3 is 2.29 bits per heavy atom. The van der Waals surface area contributed by atoms with E-state index in [0.717, 1.165) is 30.2 Å². The molecule has 2 aromatic carbocycles. The normalized spacial score (nSPS) is 14.6. The summed E-state index contributed by atoms with van der Waals surface area (Å²) in [7, 11) is 1.12. The van der Waals surface area contributed by atoms with E-state index in [1.54, 1.807) is 30.3 Å². The molecule has 2 amide bonds. The van der Waals surface area contributed by atoms with Crippen molar-refractivity contribution in [2.24, 2.45) is 5.92 Å². The number of esters is 1. The van der Waals surface area contributed by atoms with Crippen molar-refractivity contribution in [2.45, 2.75) is 6.42 Å². The zero-order valence-electron chi connectivity index (χ0n) is 14.9. The number of hydrogen-bond acceptors (Lipinski definition) is 5. The SMILES string of the molecule is COC(=O)C(CC1=CC(=O)N(c2ccccc2)C1=O)C(=O)c1ccc(F)cc1. The number of halogens is 1. The Bertz CT molecular complexity index is 966. The van der Waals surface area contributed by atoms with E-state index in [1.807, 2.05) is 0 Å². The Balaban J connectivity index is 1.85. The van der Waals surface area contributed by atoms with Crippen LogP contribution in [0.2, 0.25) is 0 Å². The standard InChI is InChI=1S/C21H16FNO5/c1-28-21(27)17(19(25)13-7-9-15(22)10-8-13)11-14-12-18(24)23(20(14)26)16-5-3-2-4-6-16/h2-10,12,17H,11H2,1H3. The van der Waals surface area contributed by atoms with Crippen LogP contribution in [0.1, 0.15) is 16.8 Å². The van der Waals surface area contributed by atoms with Crippen LogP contribution in [0.5, 0.6) is 0 Å². The number of carbonyl (C=O) groups is 4. The minimum Gasteiger partial charge on any atom is -0.468 e. The molecule has 28 heavy (non-hydrogen) atoms. The average Bonchev–Trinajstić information content (AvgIpc) is 2.99. The van der Waals surface area contributed by atoms with Crippen LogP contribution < -0.4 is 4.90 Å². The Morgan fingerprint density at radius 1 is 1.04 bits per heavy atom. The third-order valence-corrected chi connectivity index (χ3v) is 4.37. The molecule has 3 rings (SSSR count). The quantitative estimate of drug-likeness (QED) is 0.333.